The number of hydrogen-bond donors (Lipinski definition) is 1. The molecule has 0 heterocycles. The van der Waals surface area contributed by atoms with Crippen LogP contribution < -0.4 is 4.74 Å². The highest BCUT2D eigenvalue weighted by Crippen LogP contribution is 2.20. The molecule has 2 rings (SSSR count). The van der Waals surface area contributed by atoms with Crippen LogP contribution in [0, 0.1) is 5.82 Å². The van der Waals surface area contributed by atoms with Crippen LogP contribution in [0.4, 0.5) is 4.39 Å². The lowest BCUT2D eigenvalue weighted by Crippen LogP contribution is -2.29. The van der Waals surface area contributed by atoms with Gasteiger partial charge in [-0.1, -0.05) is 17.7 Å². The van der Waals surface area contributed by atoms with Crippen molar-refractivity contribution in [3.8, 4) is 5.75 Å². The maximum absolute atomic E-state index is 13.0. The van der Waals surface area contributed by atoms with Crippen LogP contribution >= 0.6 is 11.6 Å². The lowest BCUT2D eigenvalue weighted by molar-refractivity contribution is 0.0767. The molecule has 1 amide bonds. The molecule has 4 nitrogen and oxygen atoms in total. The normalized spacial score (nSPS) is 10.4. The lowest BCUT2D eigenvalue weighted by atomic mass is 10.2. The molecule has 0 atom stereocenters. The summed E-state index contributed by atoms with van der Waals surface area (Å²) in [4.78, 5) is 13.5. The Balaban J connectivity index is 1.98. The minimum atomic E-state index is -0.395. The first kappa shape index (κ1) is 17.2. The third-order valence-electron chi connectivity index (χ3n) is 3.29. The molecule has 0 aliphatic carbocycles. The lowest BCUT2D eigenvalue weighted by Gasteiger charge is -2.15. The minimum Gasteiger partial charge on any atom is -0.489 e. The predicted molar refractivity (Wildman–Crippen MR) is 86.2 cm³/mol. The first-order chi connectivity index (χ1) is 11.0. The van der Waals surface area contributed by atoms with Crippen LogP contribution in [-0.4, -0.2) is 36.1 Å². The number of aliphatic hydroxyl groups excluding tert-OH is 1. The van der Waals surface area contributed by atoms with Crippen molar-refractivity contribution in [3.63, 3.8) is 0 Å². The molecule has 0 aliphatic heterocycles. The molecule has 0 saturated carbocycles. The molecule has 0 unspecified atom stereocenters. The minimum absolute atomic E-state index is 0.0815. The van der Waals surface area contributed by atoms with Crippen LogP contribution in [0.2, 0.25) is 5.02 Å². The van der Waals surface area contributed by atoms with E-state index in [2.05, 4.69) is 0 Å². The van der Waals surface area contributed by atoms with Crippen LogP contribution in [0.15, 0.2) is 42.5 Å². The second kappa shape index (κ2) is 7.94. The maximum atomic E-state index is 13.0. The molecule has 0 fully saturated rings. The topological polar surface area (TPSA) is 49.8 Å². The second-order valence-corrected chi connectivity index (χ2v) is 5.41. The molecule has 23 heavy (non-hydrogen) atoms. The fourth-order valence-corrected chi connectivity index (χ4v) is 2.19. The average molecular weight is 338 g/mol. The highest BCUT2D eigenvalue weighted by atomic mass is 35.5. The molecule has 2 aromatic carbocycles. The summed E-state index contributed by atoms with van der Waals surface area (Å²) in [5.74, 6) is 0.00699. The van der Waals surface area contributed by atoms with Crippen LogP contribution in [0.1, 0.15) is 15.9 Å². The summed E-state index contributed by atoms with van der Waals surface area (Å²) in [7, 11) is 1.62. The van der Waals surface area contributed by atoms with E-state index in [0.29, 0.717) is 21.9 Å². The molecule has 6 heteroatoms. The Morgan fingerprint density at radius 1 is 1.26 bits per heavy atom. The number of likely N-dealkylation sites (N-methyl/N-ethyl adjacent to an activating group) is 1. The number of benzene rings is 2. The van der Waals surface area contributed by atoms with Gasteiger partial charge >= 0.3 is 0 Å². The van der Waals surface area contributed by atoms with Crippen LogP contribution in [0.3, 0.4) is 0 Å². The molecule has 0 aliphatic rings. The van der Waals surface area contributed by atoms with E-state index in [1.807, 2.05) is 0 Å². The van der Waals surface area contributed by atoms with Crippen molar-refractivity contribution in [1.82, 2.24) is 4.90 Å². The second-order valence-electron chi connectivity index (χ2n) is 5.00. The van der Waals surface area contributed by atoms with Crippen LogP contribution in [-0.2, 0) is 6.61 Å². The van der Waals surface area contributed by atoms with Gasteiger partial charge in [-0.25, -0.2) is 4.39 Å². The Morgan fingerprint density at radius 2 is 1.96 bits per heavy atom. The van der Waals surface area contributed by atoms with Gasteiger partial charge in [0.15, 0.2) is 0 Å². The molecular weight excluding hydrogens is 321 g/mol. The van der Waals surface area contributed by atoms with Gasteiger partial charge in [-0.15, -0.1) is 0 Å². The number of nitrogens with zero attached hydrogens (tertiary/aromatic N) is 1. The van der Waals surface area contributed by atoms with Crippen molar-refractivity contribution in [1.29, 1.82) is 0 Å². The Hall–Kier alpha value is -2.11. The van der Waals surface area contributed by atoms with Crippen LogP contribution in [0.25, 0.3) is 0 Å². The standard InChI is InChI=1S/C17H17ClFNO3/c1-20(8-9-21)17(22)12-3-6-15(7-4-12)23-11-13-2-5-14(19)10-16(13)18/h2-7,10,21H,8-9,11H2,1H3. The van der Waals surface area contributed by atoms with Gasteiger partial charge in [-0.05, 0) is 36.4 Å². The summed E-state index contributed by atoms with van der Waals surface area (Å²) in [6.07, 6.45) is 0. The number of hydrogen-bond acceptors (Lipinski definition) is 3. The van der Waals surface area contributed by atoms with Gasteiger partial charge in [0.1, 0.15) is 18.2 Å². The quantitative estimate of drug-likeness (QED) is 0.881. The molecule has 0 radical (unpaired) electrons. The summed E-state index contributed by atoms with van der Waals surface area (Å²) < 4.78 is 18.6. The highest BCUT2D eigenvalue weighted by molar-refractivity contribution is 6.31. The van der Waals surface area contributed by atoms with Gasteiger partial charge < -0.3 is 14.7 Å². The summed E-state index contributed by atoms with van der Waals surface area (Å²) >= 11 is 5.94. The monoisotopic (exact) mass is 337 g/mol. The largest absolute Gasteiger partial charge is 0.489 e. The van der Waals surface area contributed by atoms with E-state index < -0.39 is 5.82 Å². The van der Waals surface area contributed by atoms with Gasteiger partial charge in [0.05, 0.1) is 11.6 Å². The van der Waals surface area contributed by atoms with Crippen molar-refractivity contribution >= 4 is 17.5 Å². The molecule has 122 valence electrons. The first-order valence-corrected chi connectivity index (χ1v) is 7.42. The average Bonchev–Trinajstić information content (AvgIpc) is 2.54. The van der Waals surface area contributed by atoms with E-state index >= 15 is 0 Å². The Morgan fingerprint density at radius 3 is 2.57 bits per heavy atom. The molecule has 0 bridgehead atoms. The van der Waals surface area contributed by atoms with Crippen molar-refractivity contribution in [2.45, 2.75) is 6.61 Å². The van der Waals surface area contributed by atoms with E-state index in [1.165, 1.54) is 17.0 Å². The summed E-state index contributed by atoms with van der Waals surface area (Å²) in [6, 6.07) is 10.8. The van der Waals surface area contributed by atoms with Gasteiger partial charge in [0, 0.05) is 24.7 Å². The maximum Gasteiger partial charge on any atom is 0.253 e. The highest BCUT2D eigenvalue weighted by Gasteiger charge is 2.11. The predicted octanol–water partition coefficient (Wildman–Crippen LogP) is 3.12. The first-order valence-electron chi connectivity index (χ1n) is 7.04. The fourth-order valence-electron chi connectivity index (χ4n) is 1.97. The SMILES string of the molecule is CN(CCO)C(=O)c1ccc(OCc2ccc(F)cc2Cl)cc1. The van der Waals surface area contributed by atoms with Gasteiger partial charge in [0.25, 0.3) is 5.91 Å². The number of amides is 1. The van der Waals surface area contributed by atoms with Gasteiger partial charge in [-0.3, -0.25) is 4.79 Å². The number of carbonyl (C=O) groups excluding carboxylic acids is 1. The van der Waals surface area contributed by atoms with Gasteiger partial charge in [-0.2, -0.15) is 0 Å². The van der Waals surface area contributed by atoms with E-state index in [4.69, 9.17) is 21.4 Å². The molecular formula is C17H17ClFNO3. The van der Waals surface area contributed by atoms with Crippen molar-refractivity contribution in [2.75, 3.05) is 20.2 Å². The zero-order valence-corrected chi connectivity index (χ0v) is 13.4. The van der Waals surface area contributed by atoms with Gasteiger partial charge in [0.2, 0.25) is 0 Å². The van der Waals surface area contributed by atoms with Crippen LogP contribution in [0.5, 0.6) is 5.75 Å². The summed E-state index contributed by atoms with van der Waals surface area (Å²) in [5, 5.41) is 9.15. The van der Waals surface area contributed by atoms with E-state index in [0.717, 1.165) is 0 Å². The summed E-state index contributed by atoms with van der Waals surface area (Å²) in [6.45, 7) is 0.402. The van der Waals surface area contributed by atoms with Crippen molar-refractivity contribution in [2.24, 2.45) is 0 Å². The third kappa shape index (κ3) is 4.68. The Bertz CT molecular complexity index is 676. The fraction of sp³-hybridized carbons (Fsp3) is 0.235. The molecule has 1 N–H and O–H groups in total. The third-order valence-corrected chi connectivity index (χ3v) is 3.64. The molecule has 0 saturated heterocycles. The van der Waals surface area contributed by atoms with E-state index in [1.54, 1.807) is 37.4 Å². The zero-order chi connectivity index (χ0) is 16.8. The number of halogens is 2. The smallest absolute Gasteiger partial charge is 0.253 e. The zero-order valence-electron chi connectivity index (χ0n) is 12.6. The van der Waals surface area contributed by atoms with Crippen molar-refractivity contribution < 1.29 is 19.0 Å². The molecule has 0 spiro atoms. The Labute approximate surface area is 139 Å². The number of ether oxygens (including phenoxy) is 1. The van der Waals surface area contributed by atoms with E-state index in [9.17, 15) is 9.18 Å². The number of carbonyl (C=O) groups is 1. The molecule has 2 aromatic rings. The van der Waals surface area contributed by atoms with Crippen molar-refractivity contribution in [3.05, 3.63) is 64.4 Å². The Kier molecular flexibility index (Phi) is 5.96. The molecule has 0 aromatic heterocycles. The number of aliphatic hydroxyl groups is 1. The van der Waals surface area contributed by atoms with E-state index in [-0.39, 0.29) is 25.7 Å². The summed E-state index contributed by atoms with van der Waals surface area (Å²) in [5.41, 5.74) is 1.18. The number of rotatable bonds is 6.